The Morgan fingerprint density at radius 3 is 2.86 bits per heavy atom. The van der Waals surface area contributed by atoms with E-state index in [1.165, 1.54) is 0 Å². The van der Waals surface area contributed by atoms with Gasteiger partial charge in [0.25, 0.3) is 0 Å². The van der Waals surface area contributed by atoms with E-state index in [2.05, 4.69) is 9.97 Å². The molecule has 0 aliphatic carbocycles. The highest BCUT2D eigenvalue weighted by molar-refractivity contribution is 7.08. The van der Waals surface area contributed by atoms with E-state index in [0.29, 0.717) is 5.69 Å². The topological polar surface area (TPSA) is 46.0 Å². The molecule has 2 aromatic heterocycles. The minimum atomic E-state index is -1.05. The number of thiophene rings is 1. The summed E-state index contributed by atoms with van der Waals surface area (Å²) in [5, 5.41) is 14.1. The van der Waals surface area contributed by atoms with Crippen molar-refractivity contribution in [3.05, 3.63) is 46.7 Å². The van der Waals surface area contributed by atoms with Crippen LogP contribution in [0.2, 0.25) is 0 Å². The summed E-state index contributed by atoms with van der Waals surface area (Å²) in [6.45, 7) is 1.72. The van der Waals surface area contributed by atoms with Gasteiger partial charge in [-0.15, -0.1) is 0 Å². The maximum Gasteiger partial charge on any atom is 0.131 e. The molecule has 0 aliphatic rings. The molecule has 14 heavy (non-hydrogen) atoms. The normalized spacial score (nSPS) is 15.0. The van der Waals surface area contributed by atoms with Crippen molar-refractivity contribution in [2.45, 2.75) is 12.5 Å². The summed E-state index contributed by atoms with van der Waals surface area (Å²) in [5.41, 5.74) is 0.371. The Balaban J connectivity index is 2.43. The highest BCUT2D eigenvalue weighted by atomic mass is 32.1. The van der Waals surface area contributed by atoms with Gasteiger partial charge in [-0.05, 0) is 29.3 Å². The molecule has 0 aliphatic heterocycles. The van der Waals surface area contributed by atoms with Crippen LogP contribution in [0.25, 0.3) is 0 Å². The van der Waals surface area contributed by atoms with Crippen molar-refractivity contribution in [2.24, 2.45) is 0 Å². The minimum absolute atomic E-state index is 0.568. The van der Waals surface area contributed by atoms with Gasteiger partial charge in [-0.3, -0.25) is 9.97 Å². The Labute approximate surface area is 86.1 Å². The summed E-state index contributed by atoms with van der Waals surface area (Å²) in [5.74, 6) is 0. The summed E-state index contributed by atoms with van der Waals surface area (Å²) in [6, 6.07) is 1.89. The SMILES string of the molecule is CC(O)(c1ccsc1)c1cnccn1. The fourth-order valence-electron chi connectivity index (χ4n) is 1.24. The van der Waals surface area contributed by atoms with Crippen LogP contribution in [0.15, 0.2) is 35.4 Å². The van der Waals surface area contributed by atoms with Crippen molar-refractivity contribution in [3.8, 4) is 0 Å². The predicted octanol–water partition coefficient (Wildman–Crippen LogP) is 1.79. The van der Waals surface area contributed by atoms with E-state index in [4.69, 9.17) is 0 Å². The second-order valence-electron chi connectivity index (χ2n) is 3.17. The first-order chi connectivity index (χ1) is 6.71. The fourth-order valence-corrected chi connectivity index (χ4v) is 2.00. The first-order valence-corrected chi connectivity index (χ1v) is 5.17. The van der Waals surface area contributed by atoms with Gasteiger partial charge in [-0.25, -0.2) is 0 Å². The van der Waals surface area contributed by atoms with E-state index >= 15 is 0 Å². The number of hydrogen-bond donors (Lipinski definition) is 1. The van der Waals surface area contributed by atoms with Gasteiger partial charge < -0.3 is 5.11 Å². The Morgan fingerprint density at radius 1 is 1.43 bits per heavy atom. The average molecular weight is 206 g/mol. The lowest BCUT2D eigenvalue weighted by Gasteiger charge is -2.20. The molecule has 1 unspecified atom stereocenters. The van der Waals surface area contributed by atoms with Crippen molar-refractivity contribution in [1.82, 2.24) is 9.97 Å². The molecule has 0 radical (unpaired) electrons. The molecule has 0 bridgehead atoms. The third kappa shape index (κ3) is 1.54. The molecule has 0 aromatic carbocycles. The van der Waals surface area contributed by atoms with Crippen molar-refractivity contribution in [1.29, 1.82) is 0 Å². The van der Waals surface area contributed by atoms with Crippen LogP contribution in [0.4, 0.5) is 0 Å². The molecule has 0 saturated carbocycles. The van der Waals surface area contributed by atoms with Crippen molar-refractivity contribution in [3.63, 3.8) is 0 Å². The lowest BCUT2D eigenvalue weighted by Crippen LogP contribution is -2.23. The largest absolute Gasteiger partial charge is 0.379 e. The quantitative estimate of drug-likeness (QED) is 0.814. The molecule has 2 heterocycles. The van der Waals surface area contributed by atoms with E-state index in [0.717, 1.165) is 5.56 Å². The summed E-state index contributed by atoms with van der Waals surface area (Å²) < 4.78 is 0. The highest BCUT2D eigenvalue weighted by Crippen LogP contribution is 2.28. The Kier molecular flexibility index (Phi) is 2.31. The van der Waals surface area contributed by atoms with Gasteiger partial charge in [-0.1, -0.05) is 0 Å². The summed E-state index contributed by atoms with van der Waals surface area (Å²) in [7, 11) is 0. The monoisotopic (exact) mass is 206 g/mol. The van der Waals surface area contributed by atoms with Crippen molar-refractivity contribution < 1.29 is 5.11 Å². The second-order valence-corrected chi connectivity index (χ2v) is 3.95. The molecule has 0 saturated heterocycles. The van der Waals surface area contributed by atoms with Gasteiger partial charge in [0.15, 0.2) is 0 Å². The summed E-state index contributed by atoms with van der Waals surface area (Å²) >= 11 is 1.55. The number of rotatable bonds is 2. The van der Waals surface area contributed by atoms with Gasteiger partial charge in [-0.2, -0.15) is 11.3 Å². The number of hydrogen-bond acceptors (Lipinski definition) is 4. The lowest BCUT2D eigenvalue weighted by atomic mass is 9.96. The standard InChI is InChI=1S/C10H10N2OS/c1-10(13,8-2-5-14-7-8)9-6-11-3-4-12-9/h2-7,13H,1H3. The van der Waals surface area contributed by atoms with Crippen molar-refractivity contribution in [2.75, 3.05) is 0 Å². The first kappa shape index (κ1) is 9.30. The zero-order chi connectivity index (χ0) is 10.0. The van der Waals surface area contributed by atoms with Crippen molar-refractivity contribution >= 4 is 11.3 Å². The Bertz CT molecular complexity index is 397. The van der Waals surface area contributed by atoms with Crippen LogP contribution in [0.3, 0.4) is 0 Å². The number of aromatic nitrogens is 2. The molecule has 2 aromatic rings. The van der Waals surface area contributed by atoms with E-state index < -0.39 is 5.60 Å². The summed E-state index contributed by atoms with van der Waals surface area (Å²) in [6.07, 6.45) is 4.75. The van der Waals surface area contributed by atoms with Gasteiger partial charge in [0, 0.05) is 12.4 Å². The molecule has 72 valence electrons. The zero-order valence-corrected chi connectivity index (χ0v) is 8.53. The van der Waals surface area contributed by atoms with Crippen LogP contribution < -0.4 is 0 Å². The maximum absolute atomic E-state index is 10.3. The van der Waals surface area contributed by atoms with E-state index in [1.807, 2.05) is 16.8 Å². The molecule has 0 fully saturated rings. The third-order valence-corrected chi connectivity index (χ3v) is 2.83. The Morgan fingerprint density at radius 2 is 2.29 bits per heavy atom. The van der Waals surface area contributed by atoms with Crippen LogP contribution in [0.5, 0.6) is 0 Å². The van der Waals surface area contributed by atoms with Gasteiger partial charge in [0.1, 0.15) is 5.60 Å². The van der Waals surface area contributed by atoms with Gasteiger partial charge in [0.2, 0.25) is 0 Å². The zero-order valence-electron chi connectivity index (χ0n) is 7.71. The van der Waals surface area contributed by atoms with E-state index in [1.54, 1.807) is 36.9 Å². The summed E-state index contributed by atoms with van der Waals surface area (Å²) in [4.78, 5) is 8.04. The minimum Gasteiger partial charge on any atom is -0.379 e. The van der Waals surface area contributed by atoms with E-state index in [9.17, 15) is 5.11 Å². The Hall–Kier alpha value is -1.26. The molecule has 1 atom stereocenters. The predicted molar refractivity (Wildman–Crippen MR) is 55.0 cm³/mol. The highest BCUT2D eigenvalue weighted by Gasteiger charge is 2.27. The molecule has 3 nitrogen and oxygen atoms in total. The van der Waals surface area contributed by atoms with Crippen LogP contribution in [0.1, 0.15) is 18.2 Å². The molecule has 0 spiro atoms. The van der Waals surface area contributed by atoms with Crippen LogP contribution in [-0.2, 0) is 5.60 Å². The van der Waals surface area contributed by atoms with E-state index in [-0.39, 0.29) is 0 Å². The molecule has 1 N–H and O–H groups in total. The van der Waals surface area contributed by atoms with Crippen LogP contribution in [-0.4, -0.2) is 15.1 Å². The van der Waals surface area contributed by atoms with Crippen LogP contribution in [0, 0.1) is 0 Å². The number of nitrogens with zero attached hydrogens (tertiary/aromatic N) is 2. The van der Waals surface area contributed by atoms with Gasteiger partial charge in [0.05, 0.1) is 11.9 Å². The smallest absolute Gasteiger partial charge is 0.131 e. The molecule has 4 heteroatoms. The fraction of sp³-hybridized carbons (Fsp3) is 0.200. The lowest BCUT2D eigenvalue weighted by molar-refractivity contribution is 0.0974. The second kappa shape index (κ2) is 3.48. The molecular weight excluding hydrogens is 196 g/mol. The van der Waals surface area contributed by atoms with Crippen LogP contribution >= 0.6 is 11.3 Å². The third-order valence-electron chi connectivity index (χ3n) is 2.15. The number of aliphatic hydroxyl groups is 1. The first-order valence-electron chi connectivity index (χ1n) is 4.23. The van der Waals surface area contributed by atoms with Gasteiger partial charge >= 0.3 is 0 Å². The molecular formula is C10H10N2OS. The molecule has 2 rings (SSSR count). The molecule has 0 amide bonds. The average Bonchev–Trinajstić information content (AvgIpc) is 2.72. The maximum atomic E-state index is 10.3.